The van der Waals surface area contributed by atoms with Crippen molar-refractivity contribution in [2.75, 3.05) is 38.3 Å². The summed E-state index contributed by atoms with van der Waals surface area (Å²) in [5.41, 5.74) is 0.550. The Kier molecular flexibility index (Phi) is 6.32. The van der Waals surface area contributed by atoms with Crippen LogP contribution in [0.5, 0.6) is 5.75 Å². The van der Waals surface area contributed by atoms with Gasteiger partial charge < -0.3 is 29.0 Å². The van der Waals surface area contributed by atoms with E-state index in [1.54, 1.807) is 37.3 Å². The van der Waals surface area contributed by atoms with E-state index in [1.165, 1.54) is 12.0 Å². The van der Waals surface area contributed by atoms with Crippen molar-refractivity contribution in [3.05, 3.63) is 53.3 Å². The molecule has 4 amide bonds. The van der Waals surface area contributed by atoms with Crippen LogP contribution in [0.4, 0.5) is 10.6 Å². The van der Waals surface area contributed by atoms with Gasteiger partial charge in [-0.1, -0.05) is 6.07 Å². The number of carbonyl (C=O) groups excluding carboxylic acids is 4. The van der Waals surface area contributed by atoms with Crippen molar-refractivity contribution >= 4 is 40.7 Å². The number of anilines is 1. The van der Waals surface area contributed by atoms with Crippen LogP contribution in [0.25, 0.3) is 11.1 Å². The van der Waals surface area contributed by atoms with Gasteiger partial charge in [0.15, 0.2) is 11.1 Å². The van der Waals surface area contributed by atoms with Crippen molar-refractivity contribution in [3.63, 3.8) is 0 Å². The maximum atomic E-state index is 13.3. The zero-order valence-electron chi connectivity index (χ0n) is 22.2. The minimum atomic E-state index is -1.64. The van der Waals surface area contributed by atoms with Gasteiger partial charge in [-0.15, -0.1) is 0 Å². The van der Waals surface area contributed by atoms with Gasteiger partial charge in [-0.25, -0.2) is 9.78 Å². The number of carbonyl (C=O) groups is 4. The van der Waals surface area contributed by atoms with Gasteiger partial charge in [0.1, 0.15) is 22.8 Å². The molecule has 2 fully saturated rings. The molecule has 12 nitrogen and oxygen atoms in total. The first-order valence-electron chi connectivity index (χ1n) is 13.2. The minimum Gasteiger partial charge on any atom is -0.497 e. The summed E-state index contributed by atoms with van der Waals surface area (Å²) in [6, 6.07) is 9.74. The van der Waals surface area contributed by atoms with Gasteiger partial charge >= 0.3 is 12.0 Å². The minimum absolute atomic E-state index is 0.138. The highest BCUT2D eigenvalue weighted by Crippen LogP contribution is 2.35. The van der Waals surface area contributed by atoms with Crippen LogP contribution in [0, 0.1) is 5.92 Å². The molecule has 2 aromatic heterocycles. The highest BCUT2D eigenvalue weighted by molar-refractivity contribution is 6.08. The van der Waals surface area contributed by atoms with Gasteiger partial charge in [-0.2, -0.15) is 0 Å². The zero-order valence-corrected chi connectivity index (χ0v) is 22.2. The molecule has 3 aromatic rings. The van der Waals surface area contributed by atoms with E-state index in [9.17, 15) is 19.2 Å². The Morgan fingerprint density at radius 3 is 2.80 bits per heavy atom. The molecule has 2 atom stereocenters. The molecule has 1 unspecified atom stereocenters. The smallest absolute Gasteiger partial charge is 0.322 e. The Balaban J connectivity index is 1.30. The van der Waals surface area contributed by atoms with Crippen LogP contribution in [0.1, 0.15) is 41.4 Å². The fourth-order valence-corrected chi connectivity index (χ4v) is 5.67. The van der Waals surface area contributed by atoms with E-state index in [0.717, 1.165) is 24.9 Å². The lowest BCUT2D eigenvalue weighted by Crippen LogP contribution is -2.52. The highest BCUT2D eigenvalue weighted by atomic mass is 16.5. The Morgan fingerprint density at radius 2 is 2.05 bits per heavy atom. The first-order valence-corrected chi connectivity index (χ1v) is 13.2. The van der Waals surface area contributed by atoms with Crippen molar-refractivity contribution < 1.29 is 33.1 Å². The lowest BCUT2D eigenvalue weighted by molar-refractivity contribution is -0.148. The molecule has 40 heavy (non-hydrogen) atoms. The van der Waals surface area contributed by atoms with Crippen molar-refractivity contribution in [1.82, 2.24) is 20.5 Å². The van der Waals surface area contributed by atoms with E-state index < -0.39 is 17.5 Å². The molecular weight excluding hydrogens is 518 g/mol. The van der Waals surface area contributed by atoms with Gasteiger partial charge in [0, 0.05) is 31.3 Å². The molecule has 208 valence electrons. The van der Waals surface area contributed by atoms with Gasteiger partial charge in [0.05, 0.1) is 26.2 Å². The molecule has 0 radical (unpaired) electrons. The number of fused-ring (bicyclic) bond motifs is 2. The summed E-state index contributed by atoms with van der Waals surface area (Å²) in [7, 11) is 1.53. The molecule has 0 bridgehead atoms. The number of aromatic nitrogens is 1. The molecule has 0 saturated carbocycles. The van der Waals surface area contributed by atoms with Crippen LogP contribution in [0.2, 0.25) is 0 Å². The average Bonchev–Trinajstić information content (AvgIpc) is 3.61. The maximum absolute atomic E-state index is 13.3. The lowest BCUT2D eigenvalue weighted by atomic mass is 9.95. The Bertz CT molecular complexity index is 1530. The highest BCUT2D eigenvalue weighted by Gasteiger charge is 2.53. The Hall–Kier alpha value is -4.61. The number of hydrogen-bond donors (Lipinski definition) is 2. The number of pyridine rings is 1. The second-order valence-electron chi connectivity index (χ2n) is 10.2. The summed E-state index contributed by atoms with van der Waals surface area (Å²) in [6.07, 6.45) is 1.59. The van der Waals surface area contributed by atoms with Crippen molar-refractivity contribution in [3.8, 4) is 5.75 Å². The average molecular weight is 548 g/mol. The third-order valence-electron chi connectivity index (χ3n) is 7.71. The third-order valence-corrected chi connectivity index (χ3v) is 7.71. The topological polar surface area (TPSA) is 143 Å². The molecule has 12 heteroatoms. The van der Waals surface area contributed by atoms with Crippen LogP contribution in [0.15, 0.2) is 40.8 Å². The molecule has 2 N–H and O–H groups in total. The lowest BCUT2D eigenvalue weighted by Gasteiger charge is -2.32. The molecule has 5 heterocycles. The number of urea groups is 1. The number of furan rings is 1. The summed E-state index contributed by atoms with van der Waals surface area (Å²) in [4.78, 5) is 59.4. The number of rotatable bonds is 7. The normalized spacial score (nSPS) is 22.4. The van der Waals surface area contributed by atoms with E-state index in [2.05, 4.69) is 10.6 Å². The molecule has 0 spiro atoms. The fraction of sp³-hybridized carbons (Fsp3) is 0.393. The summed E-state index contributed by atoms with van der Waals surface area (Å²) in [6.45, 7) is 3.49. The molecular formula is C28H29N5O7. The number of amides is 4. The van der Waals surface area contributed by atoms with Crippen molar-refractivity contribution in [2.24, 2.45) is 5.92 Å². The summed E-state index contributed by atoms with van der Waals surface area (Å²) >= 11 is 0. The summed E-state index contributed by atoms with van der Waals surface area (Å²) in [5, 5.41) is 4.99. The predicted octanol–water partition coefficient (Wildman–Crippen LogP) is 2.31. The monoisotopic (exact) mass is 547 g/mol. The van der Waals surface area contributed by atoms with E-state index >= 15 is 0 Å². The number of benzene rings is 1. The first kappa shape index (κ1) is 25.7. The zero-order chi connectivity index (χ0) is 28.0. The quantitative estimate of drug-likeness (QED) is 0.336. The summed E-state index contributed by atoms with van der Waals surface area (Å²) < 4.78 is 16.5. The molecule has 1 aromatic carbocycles. The van der Waals surface area contributed by atoms with Crippen LogP contribution in [-0.2, 0) is 26.4 Å². The number of piperidine rings is 1. The van der Waals surface area contributed by atoms with Crippen LogP contribution in [0.3, 0.4) is 0 Å². The van der Waals surface area contributed by atoms with Crippen LogP contribution < -0.4 is 20.3 Å². The Morgan fingerprint density at radius 1 is 1.20 bits per heavy atom. The standard InChI is InChI=1S/C28H29N5O7/c1-3-39-25(35)17-5-4-10-32(14-17)23-9-8-21-20(29-23)12-22(40-21)28(26(36)30-27(37)31-28)15-33-13-16-6-7-18(38-2)11-19(16)24(33)34/h6-9,11-12,17H,3-5,10,13-15H2,1-2H3,(H2,30,31,36,37)/t17?,28-/m0/s1. The SMILES string of the molecule is CCOC(=O)C1CCCN(c2ccc3oc([C@]4(CN5Cc6ccc(OC)cc6C5=O)NC(=O)NC4=O)cc3n2)C1. The largest absolute Gasteiger partial charge is 0.497 e. The number of methoxy groups -OCH3 is 1. The first-order chi connectivity index (χ1) is 19.3. The number of imide groups is 1. The summed E-state index contributed by atoms with van der Waals surface area (Å²) in [5.74, 6) is 0.0555. The molecule has 2 saturated heterocycles. The van der Waals surface area contributed by atoms with Crippen LogP contribution in [-0.4, -0.2) is 67.0 Å². The number of esters is 1. The van der Waals surface area contributed by atoms with E-state index in [0.29, 0.717) is 41.4 Å². The fourth-order valence-electron chi connectivity index (χ4n) is 5.67. The Labute approximate surface area is 229 Å². The number of ether oxygens (including phenoxy) is 2. The molecule has 3 aliphatic rings. The van der Waals surface area contributed by atoms with Crippen molar-refractivity contribution in [2.45, 2.75) is 31.8 Å². The molecule has 6 rings (SSSR count). The van der Waals surface area contributed by atoms with Gasteiger partial charge in [0.25, 0.3) is 11.8 Å². The van der Waals surface area contributed by atoms with E-state index in [4.69, 9.17) is 18.9 Å². The van der Waals surface area contributed by atoms with E-state index in [-0.39, 0.29) is 36.6 Å². The maximum Gasteiger partial charge on any atom is 0.322 e. The number of nitrogens with zero attached hydrogens (tertiary/aromatic N) is 3. The molecule has 0 aliphatic carbocycles. The predicted molar refractivity (Wildman–Crippen MR) is 142 cm³/mol. The van der Waals surface area contributed by atoms with Crippen LogP contribution >= 0.6 is 0 Å². The van der Waals surface area contributed by atoms with Gasteiger partial charge in [0.2, 0.25) is 0 Å². The number of nitrogens with one attached hydrogen (secondary N) is 2. The third kappa shape index (κ3) is 4.29. The van der Waals surface area contributed by atoms with E-state index in [1.807, 2.05) is 11.0 Å². The second-order valence-corrected chi connectivity index (χ2v) is 10.2. The van der Waals surface area contributed by atoms with Crippen molar-refractivity contribution in [1.29, 1.82) is 0 Å². The van der Waals surface area contributed by atoms with Gasteiger partial charge in [-0.05, 0) is 49.6 Å². The second kappa shape index (κ2) is 9.85. The molecule has 3 aliphatic heterocycles. The number of hydrogen-bond acceptors (Lipinski definition) is 9. The van der Waals surface area contributed by atoms with Gasteiger partial charge in [-0.3, -0.25) is 19.7 Å².